The molecule has 0 atom stereocenters. The molecule has 6 nitrogen and oxygen atoms in total. The van der Waals surface area contributed by atoms with E-state index in [4.69, 9.17) is 5.73 Å². The van der Waals surface area contributed by atoms with Crippen LogP contribution in [0.4, 0.5) is 10.6 Å². The maximum absolute atomic E-state index is 11.5. The Hall–Kier alpha value is -2.37. The lowest BCUT2D eigenvalue weighted by atomic mass is 10.1. The number of amides is 1. The van der Waals surface area contributed by atoms with Crippen molar-refractivity contribution in [2.45, 2.75) is 19.3 Å². The molecule has 0 saturated heterocycles. The quantitative estimate of drug-likeness (QED) is 0.812. The SMILES string of the molecule is NC(=O)n1nc(-c2ccccn2)c2c1NCCCC2. The molecular formula is C13H15N5O. The van der Waals surface area contributed by atoms with Crippen molar-refractivity contribution >= 4 is 11.8 Å². The molecule has 1 amide bonds. The van der Waals surface area contributed by atoms with Gasteiger partial charge in [0.15, 0.2) is 0 Å². The van der Waals surface area contributed by atoms with Crippen LogP contribution < -0.4 is 11.1 Å². The normalized spacial score (nSPS) is 14.3. The maximum atomic E-state index is 11.5. The summed E-state index contributed by atoms with van der Waals surface area (Å²) in [5.74, 6) is 0.714. The maximum Gasteiger partial charge on any atom is 0.341 e. The second-order valence-corrected chi connectivity index (χ2v) is 4.52. The second kappa shape index (κ2) is 4.72. The van der Waals surface area contributed by atoms with E-state index in [1.807, 2.05) is 18.2 Å². The van der Waals surface area contributed by atoms with Crippen LogP contribution in [0.1, 0.15) is 18.4 Å². The number of primary amides is 1. The summed E-state index contributed by atoms with van der Waals surface area (Å²) in [6.45, 7) is 0.827. The van der Waals surface area contributed by atoms with Crippen LogP contribution in [0, 0.1) is 0 Å². The van der Waals surface area contributed by atoms with Gasteiger partial charge in [-0.3, -0.25) is 4.98 Å². The van der Waals surface area contributed by atoms with E-state index >= 15 is 0 Å². The van der Waals surface area contributed by atoms with Crippen LogP contribution in [0.15, 0.2) is 24.4 Å². The number of carbonyl (C=O) groups excluding carboxylic acids is 1. The summed E-state index contributed by atoms with van der Waals surface area (Å²) in [5.41, 5.74) is 7.91. The number of hydrogen-bond acceptors (Lipinski definition) is 4. The number of anilines is 1. The predicted molar refractivity (Wildman–Crippen MR) is 71.9 cm³/mol. The van der Waals surface area contributed by atoms with Crippen LogP contribution in [-0.2, 0) is 6.42 Å². The molecule has 3 N–H and O–H groups in total. The molecule has 0 saturated carbocycles. The van der Waals surface area contributed by atoms with Gasteiger partial charge < -0.3 is 11.1 Å². The molecule has 6 heteroatoms. The van der Waals surface area contributed by atoms with E-state index in [-0.39, 0.29) is 0 Å². The van der Waals surface area contributed by atoms with Crippen molar-refractivity contribution in [3.63, 3.8) is 0 Å². The Morgan fingerprint density at radius 2 is 2.26 bits per heavy atom. The molecule has 2 aromatic rings. The molecule has 0 unspecified atom stereocenters. The number of fused-ring (bicyclic) bond motifs is 1. The Labute approximate surface area is 110 Å². The standard InChI is InChI=1S/C13H15N5O/c14-13(19)18-12-9(5-1-3-8-16-12)11(17-18)10-6-2-4-7-15-10/h2,4,6-7,16H,1,3,5,8H2,(H2,14,19). The summed E-state index contributed by atoms with van der Waals surface area (Å²) in [7, 11) is 0. The molecule has 0 aromatic carbocycles. The highest BCUT2D eigenvalue weighted by Crippen LogP contribution is 2.30. The van der Waals surface area contributed by atoms with Gasteiger partial charge in [0.05, 0.1) is 5.69 Å². The summed E-state index contributed by atoms with van der Waals surface area (Å²) in [5, 5.41) is 7.56. The summed E-state index contributed by atoms with van der Waals surface area (Å²) in [6.07, 6.45) is 4.72. The van der Waals surface area contributed by atoms with Crippen LogP contribution in [0.3, 0.4) is 0 Å². The minimum absolute atomic E-state index is 0.576. The van der Waals surface area contributed by atoms with Crippen molar-refractivity contribution in [1.29, 1.82) is 0 Å². The first-order valence-corrected chi connectivity index (χ1v) is 6.34. The molecule has 3 heterocycles. The number of nitrogens with two attached hydrogens (primary N) is 1. The van der Waals surface area contributed by atoms with Crippen LogP contribution >= 0.6 is 0 Å². The zero-order valence-corrected chi connectivity index (χ0v) is 10.5. The molecule has 0 radical (unpaired) electrons. The van der Waals surface area contributed by atoms with Crippen LogP contribution in [0.2, 0.25) is 0 Å². The van der Waals surface area contributed by atoms with Gasteiger partial charge in [-0.1, -0.05) is 6.07 Å². The minimum Gasteiger partial charge on any atom is -0.370 e. The van der Waals surface area contributed by atoms with E-state index in [2.05, 4.69) is 15.4 Å². The van der Waals surface area contributed by atoms with Gasteiger partial charge in [0, 0.05) is 18.3 Å². The van der Waals surface area contributed by atoms with Gasteiger partial charge in [-0.15, -0.1) is 0 Å². The van der Waals surface area contributed by atoms with E-state index in [0.717, 1.165) is 42.8 Å². The Morgan fingerprint density at radius 3 is 3.00 bits per heavy atom. The third-order valence-electron chi connectivity index (χ3n) is 3.25. The summed E-state index contributed by atoms with van der Waals surface area (Å²) >= 11 is 0. The molecule has 3 rings (SSSR count). The zero-order valence-electron chi connectivity index (χ0n) is 10.5. The van der Waals surface area contributed by atoms with Crippen molar-refractivity contribution in [3.05, 3.63) is 30.0 Å². The van der Waals surface area contributed by atoms with Crippen molar-refractivity contribution in [3.8, 4) is 11.4 Å². The molecule has 0 spiro atoms. The van der Waals surface area contributed by atoms with Crippen LogP contribution in [0.5, 0.6) is 0 Å². The lowest BCUT2D eigenvalue weighted by Crippen LogP contribution is -2.23. The molecule has 0 aliphatic carbocycles. The molecule has 0 bridgehead atoms. The summed E-state index contributed by atoms with van der Waals surface area (Å²) < 4.78 is 1.24. The van der Waals surface area contributed by atoms with Gasteiger partial charge in [-0.05, 0) is 31.4 Å². The number of pyridine rings is 1. The number of nitrogens with zero attached hydrogens (tertiary/aromatic N) is 3. The highest BCUT2D eigenvalue weighted by molar-refractivity contribution is 5.81. The van der Waals surface area contributed by atoms with Gasteiger partial charge >= 0.3 is 6.03 Å². The minimum atomic E-state index is -0.576. The second-order valence-electron chi connectivity index (χ2n) is 4.52. The van der Waals surface area contributed by atoms with Crippen LogP contribution in [0.25, 0.3) is 11.4 Å². The summed E-state index contributed by atoms with van der Waals surface area (Å²) in [4.78, 5) is 15.8. The summed E-state index contributed by atoms with van der Waals surface area (Å²) in [6, 6.07) is 5.07. The first kappa shape index (κ1) is 11.7. The van der Waals surface area contributed by atoms with E-state index in [9.17, 15) is 4.79 Å². The monoisotopic (exact) mass is 257 g/mol. The van der Waals surface area contributed by atoms with Crippen molar-refractivity contribution in [2.75, 3.05) is 11.9 Å². The number of nitrogens with one attached hydrogen (secondary N) is 1. The number of aromatic nitrogens is 3. The number of carbonyl (C=O) groups is 1. The molecule has 1 aliphatic rings. The average Bonchev–Trinajstić information content (AvgIpc) is 2.62. The molecule has 2 aromatic heterocycles. The van der Waals surface area contributed by atoms with E-state index < -0.39 is 6.03 Å². The Morgan fingerprint density at radius 1 is 1.37 bits per heavy atom. The predicted octanol–water partition coefficient (Wildman–Crippen LogP) is 1.62. The fourth-order valence-electron chi connectivity index (χ4n) is 2.37. The molecular weight excluding hydrogens is 242 g/mol. The zero-order chi connectivity index (χ0) is 13.2. The third kappa shape index (κ3) is 2.05. The fraction of sp³-hybridized carbons (Fsp3) is 0.308. The highest BCUT2D eigenvalue weighted by atomic mass is 16.2. The average molecular weight is 257 g/mol. The van der Waals surface area contributed by atoms with Gasteiger partial charge in [-0.2, -0.15) is 9.78 Å². The van der Waals surface area contributed by atoms with Crippen molar-refractivity contribution < 1.29 is 4.79 Å². The van der Waals surface area contributed by atoms with E-state index in [1.54, 1.807) is 6.20 Å². The van der Waals surface area contributed by atoms with Crippen molar-refractivity contribution in [1.82, 2.24) is 14.8 Å². The Balaban J connectivity index is 2.17. The first-order valence-electron chi connectivity index (χ1n) is 6.34. The van der Waals surface area contributed by atoms with Gasteiger partial charge in [-0.25, -0.2) is 4.79 Å². The highest BCUT2D eigenvalue weighted by Gasteiger charge is 2.23. The molecule has 0 fully saturated rings. The molecule has 98 valence electrons. The first-order chi connectivity index (χ1) is 9.27. The lowest BCUT2D eigenvalue weighted by molar-refractivity contribution is 0.248. The Kier molecular flexibility index (Phi) is 2.91. The number of hydrogen-bond donors (Lipinski definition) is 2. The third-order valence-corrected chi connectivity index (χ3v) is 3.25. The Bertz CT molecular complexity index is 605. The number of rotatable bonds is 1. The smallest absolute Gasteiger partial charge is 0.341 e. The lowest BCUT2D eigenvalue weighted by Gasteiger charge is -2.04. The van der Waals surface area contributed by atoms with E-state index in [1.165, 1.54) is 4.68 Å². The van der Waals surface area contributed by atoms with Crippen molar-refractivity contribution in [2.24, 2.45) is 5.73 Å². The van der Waals surface area contributed by atoms with Gasteiger partial charge in [0.1, 0.15) is 11.5 Å². The fourth-order valence-corrected chi connectivity index (χ4v) is 2.37. The van der Waals surface area contributed by atoms with E-state index in [0.29, 0.717) is 5.82 Å². The van der Waals surface area contributed by atoms with Gasteiger partial charge in [0.25, 0.3) is 0 Å². The molecule has 19 heavy (non-hydrogen) atoms. The molecule has 1 aliphatic heterocycles. The van der Waals surface area contributed by atoms with Gasteiger partial charge in [0.2, 0.25) is 0 Å². The topological polar surface area (TPSA) is 85.8 Å². The largest absolute Gasteiger partial charge is 0.370 e. The van der Waals surface area contributed by atoms with Crippen LogP contribution in [-0.4, -0.2) is 27.3 Å².